The SMILES string of the molecule is CCCCCCCCC1C(c2ccc(C)cc2)=Cc2ccccc21. The summed E-state index contributed by atoms with van der Waals surface area (Å²) in [6.07, 6.45) is 11.9. The van der Waals surface area contributed by atoms with Crippen LogP contribution in [0.5, 0.6) is 0 Å². The Morgan fingerprint density at radius 2 is 1.50 bits per heavy atom. The number of benzene rings is 2. The molecule has 0 spiro atoms. The minimum atomic E-state index is 0.579. The molecule has 0 saturated carbocycles. The maximum atomic E-state index is 2.42. The molecule has 1 atom stereocenters. The van der Waals surface area contributed by atoms with E-state index >= 15 is 0 Å². The minimum absolute atomic E-state index is 0.579. The van der Waals surface area contributed by atoms with E-state index in [1.54, 1.807) is 0 Å². The van der Waals surface area contributed by atoms with E-state index in [4.69, 9.17) is 0 Å². The molecular formula is C24H30. The highest BCUT2D eigenvalue weighted by molar-refractivity contribution is 5.91. The summed E-state index contributed by atoms with van der Waals surface area (Å²) in [5.74, 6) is 0.579. The molecule has 0 aromatic heterocycles. The van der Waals surface area contributed by atoms with Crippen LogP contribution in [0.3, 0.4) is 0 Å². The van der Waals surface area contributed by atoms with Gasteiger partial charge in [0, 0.05) is 5.92 Å². The van der Waals surface area contributed by atoms with Crippen LogP contribution < -0.4 is 0 Å². The molecule has 0 bridgehead atoms. The molecule has 0 heterocycles. The van der Waals surface area contributed by atoms with Crippen molar-refractivity contribution in [3.8, 4) is 0 Å². The Morgan fingerprint density at radius 1 is 0.792 bits per heavy atom. The lowest BCUT2D eigenvalue weighted by atomic mass is 9.86. The summed E-state index contributed by atoms with van der Waals surface area (Å²) in [6, 6.07) is 18.0. The van der Waals surface area contributed by atoms with Gasteiger partial charge in [0.2, 0.25) is 0 Å². The Hall–Kier alpha value is -1.82. The van der Waals surface area contributed by atoms with E-state index < -0.39 is 0 Å². The minimum Gasteiger partial charge on any atom is -0.0654 e. The molecule has 0 nitrogen and oxygen atoms in total. The van der Waals surface area contributed by atoms with Crippen molar-refractivity contribution in [1.29, 1.82) is 0 Å². The third-order valence-electron chi connectivity index (χ3n) is 5.29. The van der Waals surface area contributed by atoms with E-state index in [-0.39, 0.29) is 0 Å². The van der Waals surface area contributed by atoms with Crippen molar-refractivity contribution in [1.82, 2.24) is 0 Å². The van der Waals surface area contributed by atoms with Gasteiger partial charge in [-0.05, 0) is 35.6 Å². The van der Waals surface area contributed by atoms with E-state index in [0.717, 1.165) is 0 Å². The highest BCUT2D eigenvalue weighted by atomic mass is 14.3. The highest BCUT2D eigenvalue weighted by Crippen LogP contribution is 2.44. The summed E-state index contributed by atoms with van der Waals surface area (Å²) in [4.78, 5) is 0. The van der Waals surface area contributed by atoms with Crippen molar-refractivity contribution < 1.29 is 0 Å². The fourth-order valence-electron chi connectivity index (χ4n) is 3.87. The van der Waals surface area contributed by atoms with Crippen LogP contribution in [-0.2, 0) is 0 Å². The fraction of sp³-hybridized carbons (Fsp3) is 0.417. The number of fused-ring (bicyclic) bond motifs is 1. The van der Waals surface area contributed by atoms with Gasteiger partial charge in [0.25, 0.3) is 0 Å². The van der Waals surface area contributed by atoms with Gasteiger partial charge in [0.15, 0.2) is 0 Å². The summed E-state index contributed by atoms with van der Waals surface area (Å²) in [5, 5.41) is 0. The van der Waals surface area contributed by atoms with Crippen LogP contribution in [0, 0.1) is 6.92 Å². The largest absolute Gasteiger partial charge is 0.0654 e. The van der Waals surface area contributed by atoms with Gasteiger partial charge in [-0.3, -0.25) is 0 Å². The molecule has 126 valence electrons. The van der Waals surface area contributed by atoms with E-state index in [0.29, 0.717) is 5.92 Å². The first-order valence-electron chi connectivity index (χ1n) is 9.67. The molecule has 24 heavy (non-hydrogen) atoms. The lowest BCUT2D eigenvalue weighted by molar-refractivity contribution is 0.577. The molecule has 0 heteroatoms. The zero-order chi connectivity index (χ0) is 16.8. The van der Waals surface area contributed by atoms with Gasteiger partial charge in [-0.15, -0.1) is 0 Å². The predicted molar refractivity (Wildman–Crippen MR) is 106 cm³/mol. The maximum Gasteiger partial charge on any atom is 0.0101 e. The van der Waals surface area contributed by atoms with Gasteiger partial charge in [0.1, 0.15) is 0 Å². The second-order valence-corrected chi connectivity index (χ2v) is 7.20. The Bertz CT molecular complexity index is 675. The summed E-state index contributed by atoms with van der Waals surface area (Å²) in [7, 11) is 0. The van der Waals surface area contributed by atoms with Crippen molar-refractivity contribution in [2.24, 2.45) is 0 Å². The summed E-state index contributed by atoms with van der Waals surface area (Å²) in [6.45, 7) is 4.45. The topological polar surface area (TPSA) is 0 Å². The van der Waals surface area contributed by atoms with Crippen LogP contribution in [0.4, 0.5) is 0 Å². The molecule has 0 N–H and O–H groups in total. The molecule has 2 aromatic carbocycles. The molecule has 1 unspecified atom stereocenters. The van der Waals surface area contributed by atoms with Crippen LogP contribution >= 0.6 is 0 Å². The second kappa shape index (κ2) is 8.33. The third kappa shape index (κ3) is 3.98. The van der Waals surface area contributed by atoms with Gasteiger partial charge in [-0.2, -0.15) is 0 Å². The molecular weight excluding hydrogens is 288 g/mol. The monoisotopic (exact) mass is 318 g/mol. The van der Waals surface area contributed by atoms with E-state index in [1.165, 1.54) is 72.8 Å². The molecule has 0 radical (unpaired) electrons. The molecule has 1 aliphatic rings. The van der Waals surface area contributed by atoms with Gasteiger partial charge in [0.05, 0.1) is 0 Å². The normalized spacial score (nSPS) is 16.1. The van der Waals surface area contributed by atoms with Gasteiger partial charge >= 0.3 is 0 Å². The van der Waals surface area contributed by atoms with Crippen molar-refractivity contribution in [2.75, 3.05) is 0 Å². The molecule has 0 fully saturated rings. The van der Waals surface area contributed by atoms with E-state index in [1.807, 2.05) is 0 Å². The molecule has 0 aliphatic heterocycles. The summed E-state index contributed by atoms with van der Waals surface area (Å²) >= 11 is 0. The number of hydrogen-bond acceptors (Lipinski definition) is 0. The highest BCUT2D eigenvalue weighted by Gasteiger charge is 2.25. The Balaban J connectivity index is 1.71. The van der Waals surface area contributed by atoms with Gasteiger partial charge in [-0.25, -0.2) is 0 Å². The smallest absolute Gasteiger partial charge is 0.0101 e. The zero-order valence-electron chi connectivity index (χ0n) is 15.2. The van der Waals surface area contributed by atoms with Crippen molar-refractivity contribution in [3.63, 3.8) is 0 Å². The standard InChI is InChI=1S/C24H30/c1-3-4-5-6-7-8-13-23-22-12-10-9-11-21(22)18-24(23)20-16-14-19(2)15-17-20/h9-12,14-18,23H,3-8,13H2,1-2H3. The molecule has 3 rings (SSSR count). The quantitative estimate of drug-likeness (QED) is 0.445. The summed E-state index contributed by atoms with van der Waals surface area (Å²) < 4.78 is 0. The van der Waals surface area contributed by atoms with Crippen molar-refractivity contribution in [3.05, 3.63) is 70.8 Å². The number of allylic oxidation sites excluding steroid dienone is 1. The molecule has 2 aromatic rings. The average Bonchev–Trinajstić information content (AvgIpc) is 2.97. The number of aryl methyl sites for hydroxylation is 1. The molecule has 0 saturated heterocycles. The van der Waals surface area contributed by atoms with Crippen LogP contribution in [0.25, 0.3) is 11.6 Å². The molecule has 0 amide bonds. The van der Waals surface area contributed by atoms with E-state index in [2.05, 4.69) is 68.5 Å². The average molecular weight is 319 g/mol. The zero-order valence-corrected chi connectivity index (χ0v) is 15.2. The van der Waals surface area contributed by atoms with E-state index in [9.17, 15) is 0 Å². The Kier molecular flexibility index (Phi) is 5.91. The molecule has 1 aliphatic carbocycles. The van der Waals surface area contributed by atoms with Crippen LogP contribution in [0.2, 0.25) is 0 Å². The summed E-state index contributed by atoms with van der Waals surface area (Å²) in [5.41, 5.74) is 7.20. The Morgan fingerprint density at radius 3 is 2.29 bits per heavy atom. The number of unbranched alkanes of at least 4 members (excludes halogenated alkanes) is 5. The lowest BCUT2D eigenvalue weighted by Crippen LogP contribution is -1.99. The number of hydrogen-bond donors (Lipinski definition) is 0. The van der Waals surface area contributed by atoms with Crippen molar-refractivity contribution >= 4 is 11.6 Å². The predicted octanol–water partition coefficient (Wildman–Crippen LogP) is 7.38. The second-order valence-electron chi connectivity index (χ2n) is 7.20. The van der Waals surface area contributed by atoms with Gasteiger partial charge in [-0.1, -0.05) is 106 Å². The van der Waals surface area contributed by atoms with Crippen LogP contribution in [0.1, 0.15) is 80.0 Å². The van der Waals surface area contributed by atoms with Crippen LogP contribution in [-0.4, -0.2) is 0 Å². The maximum absolute atomic E-state index is 2.42. The van der Waals surface area contributed by atoms with Crippen LogP contribution in [0.15, 0.2) is 48.5 Å². The lowest BCUT2D eigenvalue weighted by Gasteiger charge is -2.17. The van der Waals surface area contributed by atoms with Gasteiger partial charge < -0.3 is 0 Å². The fourth-order valence-corrected chi connectivity index (χ4v) is 3.87. The first-order chi connectivity index (χ1) is 11.8. The third-order valence-corrected chi connectivity index (χ3v) is 5.29. The first kappa shape index (κ1) is 17.0. The van der Waals surface area contributed by atoms with Crippen molar-refractivity contribution in [2.45, 2.75) is 64.7 Å². The first-order valence-corrected chi connectivity index (χ1v) is 9.67. The number of rotatable bonds is 8. The Labute approximate surface area is 147 Å².